The Kier molecular flexibility index (Phi) is 6.35. The molecule has 0 fully saturated rings. The molecule has 6 nitrogen and oxygen atoms in total. The average molecular weight is 354 g/mol. The summed E-state index contributed by atoms with van der Waals surface area (Å²) in [7, 11) is 0. The van der Waals surface area contributed by atoms with E-state index in [1.165, 1.54) is 0 Å². The zero-order valence-corrected chi connectivity index (χ0v) is 14.4. The van der Waals surface area contributed by atoms with E-state index in [1.807, 2.05) is 48.5 Å². The monoisotopic (exact) mass is 354 g/mol. The van der Waals surface area contributed by atoms with Crippen molar-refractivity contribution in [2.45, 2.75) is 25.0 Å². The van der Waals surface area contributed by atoms with Crippen LogP contribution in [0.25, 0.3) is 0 Å². The molecular weight excluding hydrogens is 332 g/mol. The lowest BCUT2D eigenvalue weighted by Gasteiger charge is -2.15. The highest BCUT2D eigenvalue weighted by Gasteiger charge is 2.14. The van der Waals surface area contributed by atoms with Crippen molar-refractivity contribution >= 4 is 23.8 Å². The third-order valence-corrected chi connectivity index (χ3v) is 3.93. The Labute approximate surface area is 152 Å². The van der Waals surface area contributed by atoms with Gasteiger partial charge in [0.15, 0.2) is 0 Å². The molecule has 0 bridgehead atoms. The maximum atomic E-state index is 10.1. The molecule has 3 rings (SSSR count). The largest absolute Gasteiger partial charge is 0.488 e. The standard InChI is InChI=1S/C20H22N2O4/c23-17-9-11-21-15-5-1-3-7-19(15)25-13-14-26-20-8-4-2-6-16(20)22-12-10-18(17)24/h1-8,11-12,17-18,23-24H,9-10,13-14H2/t17-,18-/m0/s1. The van der Waals surface area contributed by atoms with E-state index >= 15 is 0 Å². The maximum absolute atomic E-state index is 10.1. The molecule has 0 unspecified atom stereocenters. The van der Waals surface area contributed by atoms with Gasteiger partial charge < -0.3 is 19.7 Å². The van der Waals surface area contributed by atoms with Gasteiger partial charge in [0.25, 0.3) is 0 Å². The fraction of sp³-hybridized carbons (Fsp3) is 0.300. The second kappa shape index (κ2) is 9.12. The molecule has 0 saturated heterocycles. The number of para-hydroxylation sites is 4. The number of ether oxygens (including phenoxy) is 2. The van der Waals surface area contributed by atoms with Crippen LogP contribution in [0.15, 0.2) is 58.5 Å². The third-order valence-electron chi connectivity index (χ3n) is 3.93. The van der Waals surface area contributed by atoms with Gasteiger partial charge in [0.1, 0.15) is 36.1 Å². The number of aliphatic imine (C=N–C) groups is 2. The van der Waals surface area contributed by atoms with E-state index < -0.39 is 12.2 Å². The first-order valence-electron chi connectivity index (χ1n) is 8.59. The van der Waals surface area contributed by atoms with Crippen molar-refractivity contribution in [2.24, 2.45) is 9.98 Å². The van der Waals surface area contributed by atoms with E-state index in [4.69, 9.17) is 9.47 Å². The quantitative estimate of drug-likeness (QED) is 0.762. The van der Waals surface area contributed by atoms with Gasteiger partial charge in [-0.1, -0.05) is 24.3 Å². The van der Waals surface area contributed by atoms with Crippen molar-refractivity contribution in [3.05, 3.63) is 48.5 Å². The smallest absolute Gasteiger partial charge is 0.145 e. The Bertz CT molecular complexity index is 710. The zero-order valence-electron chi connectivity index (χ0n) is 14.4. The molecular formula is C20H22N2O4. The highest BCUT2D eigenvalue weighted by atomic mass is 16.5. The van der Waals surface area contributed by atoms with Gasteiger partial charge in [-0.2, -0.15) is 0 Å². The summed E-state index contributed by atoms with van der Waals surface area (Å²) in [5.41, 5.74) is 1.34. The van der Waals surface area contributed by atoms with Crippen molar-refractivity contribution in [2.75, 3.05) is 13.2 Å². The van der Waals surface area contributed by atoms with Gasteiger partial charge in [0.05, 0.1) is 12.2 Å². The molecule has 2 aromatic carbocycles. The number of benzene rings is 2. The molecule has 1 aliphatic heterocycles. The normalized spacial score (nSPS) is 21.2. The number of hydrogen-bond acceptors (Lipinski definition) is 6. The SMILES string of the molecule is O[C@H]1CC=Nc2ccccc2OCCOc2ccccc2N=CC[C@@H]1O. The zero-order chi connectivity index (χ0) is 18.2. The Morgan fingerprint density at radius 3 is 1.58 bits per heavy atom. The van der Waals surface area contributed by atoms with Crippen molar-refractivity contribution in [3.8, 4) is 11.5 Å². The summed E-state index contributed by atoms with van der Waals surface area (Å²) in [6, 6.07) is 14.8. The third kappa shape index (κ3) is 4.91. The van der Waals surface area contributed by atoms with Crippen LogP contribution in [0.1, 0.15) is 12.8 Å². The van der Waals surface area contributed by atoms with Gasteiger partial charge in [-0.3, -0.25) is 9.98 Å². The number of aliphatic hydroxyl groups is 2. The lowest BCUT2D eigenvalue weighted by atomic mass is 10.1. The van der Waals surface area contributed by atoms with Crippen molar-refractivity contribution < 1.29 is 19.7 Å². The van der Waals surface area contributed by atoms with Crippen molar-refractivity contribution in [1.82, 2.24) is 0 Å². The van der Waals surface area contributed by atoms with Crippen LogP contribution in [0, 0.1) is 0 Å². The first-order chi connectivity index (χ1) is 12.7. The van der Waals surface area contributed by atoms with Gasteiger partial charge in [0.2, 0.25) is 0 Å². The van der Waals surface area contributed by atoms with Crippen LogP contribution < -0.4 is 9.47 Å². The number of nitrogens with zero attached hydrogens (tertiary/aromatic N) is 2. The Morgan fingerprint density at radius 1 is 0.692 bits per heavy atom. The van der Waals surface area contributed by atoms with Gasteiger partial charge in [0, 0.05) is 25.3 Å². The predicted molar refractivity (Wildman–Crippen MR) is 101 cm³/mol. The summed E-state index contributed by atoms with van der Waals surface area (Å²) in [6.07, 6.45) is 1.82. The van der Waals surface area contributed by atoms with E-state index in [0.29, 0.717) is 36.1 Å². The van der Waals surface area contributed by atoms with E-state index in [1.54, 1.807) is 12.4 Å². The fourth-order valence-corrected chi connectivity index (χ4v) is 2.51. The first kappa shape index (κ1) is 18.1. The van der Waals surface area contributed by atoms with Gasteiger partial charge in [-0.05, 0) is 24.3 Å². The molecule has 2 atom stereocenters. The van der Waals surface area contributed by atoms with Crippen LogP contribution in [-0.4, -0.2) is 48.1 Å². The summed E-state index contributed by atoms with van der Waals surface area (Å²) >= 11 is 0. The first-order valence-corrected chi connectivity index (χ1v) is 8.59. The highest BCUT2D eigenvalue weighted by molar-refractivity contribution is 5.68. The second-order valence-corrected chi connectivity index (χ2v) is 5.86. The van der Waals surface area contributed by atoms with E-state index in [-0.39, 0.29) is 12.8 Å². The molecule has 0 spiro atoms. The number of rotatable bonds is 0. The number of hydrogen-bond donors (Lipinski definition) is 2. The minimum absolute atomic E-state index is 0.239. The van der Waals surface area contributed by atoms with Crippen LogP contribution in [0.5, 0.6) is 11.5 Å². The van der Waals surface area contributed by atoms with E-state index in [2.05, 4.69) is 9.98 Å². The average Bonchev–Trinajstić information content (AvgIpc) is 2.66. The topological polar surface area (TPSA) is 83.6 Å². The lowest BCUT2D eigenvalue weighted by Crippen LogP contribution is -2.26. The summed E-state index contributed by atoms with van der Waals surface area (Å²) in [5, 5.41) is 20.1. The minimum atomic E-state index is -0.919. The Balaban J connectivity index is 1.82. The van der Waals surface area contributed by atoms with Gasteiger partial charge in [-0.25, -0.2) is 0 Å². The van der Waals surface area contributed by atoms with Gasteiger partial charge >= 0.3 is 0 Å². The lowest BCUT2D eigenvalue weighted by molar-refractivity contribution is 0.0303. The van der Waals surface area contributed by atoms with E-state index in [0.717, 1.165) is 0 Å². The molecule has 6 heteroatoms. The molecule has 2 aromatic rings. The van der Waals surface area contributed by atoms with Crippen molar-refractivity contribution in [1.29, 1.82) is 0 Å². The Morgan fingerprint density at radius 2 is 1.12 bits per heavy atom. The molecule has 2 N–H and O–H groups in total. The van der Waals surface area contributed by atoms with Gasteiger partial charge in [-0.15, -0.1) is 0 Å². The van der Waals surface area contributed by atoms with Crippen LogP contribution in [-0.2, 0) is 0 Å². The fourth-order valence-electron chi connectivity index (χ4n) is 2.51. The highest BCUT2D eigenvalue weighted by Crippen LogP contribution is 2.28. The van der Waals surface area contributed by atoms with Crippen LogP contribution >= 0.6 is 0 Å². The molecule has 26 heavy (non-hydrogen) atoms. The second-order valence-electron chi connectivity index (χ2n) is 5.86. The molecule has 0 aromatic heterocycles. The summed E-state index contributed by atoms with van der Waals surface area (Å²) < 4.78 is 11.5. The Hall–Kier alpha value is -2.70. The van der Waals surface area contributed by atoms with Crippen molar-refractivity contribution in [3.63, 3.8) is 0 Å². The van der Waals surface area contributed by atoms with E-state index in [9.17, 15) is 10.2 Å². The van der Waals surface area contributed by atoms with Crippen LogP contribution in [0.4, 0.5) is 11.4 Å². The molecule has 0 aliphatic carbocycles. The predicted octanol–water partition coefficient (Wildman–Crippen LogP) is 3.06. The molecule has 0 amide bonds. The minimum Gasteiger partial charge on any atom is -0.488 e. The molecule has 1 aliphatic rings. The molecule has 0 radical (unpaired) electrons. The molecule has 1 heterocycles. The summed E-state index contributed by atoms with van der Waals surface area (Å²) in [6.45, 7) is 0.734. The molecule has 136 valence electrons. The summed E-state index contributed by atoms with van der Waals surface area (Å²) in [4.78, 5) is 8.68. The van der Waals surface area contributed by atoms with Crippen LogP contribution in [0.2, 0.25) is 0 Å². The van der Waals surface area contributed by atoms with Crippen LogP contribution in [0.3, 0.4) is 0 Å². The molecule has 0 saturated carbocycles. The summed E-state index contributed by atoms with van der Waals surface area (Å²) in [5.74, 6) is 1.28. The number of aliphatic hydroxyl groups excluding tert-OH is 2. The maximum Gasteiger partial charge on any atom is 0.145 e. The number of fused-ring (bicyclic) bond motifs is 2.